The zero-order valence-corrected chi connectivity index (χ0v) is 18.4. The van der Waals surface area contributed by atoms with Crippen molar-refractivity contribution in [3.8, 4) is 11.5 Å². The van der Waals surface area contributed by atoms with E-state index in [1.165, 1.54) is 30.2 Å². The molecule has 2 amide bonds. The highest BCUT2D eigenvalue weighted by Gasteiger charge is 2.13. The molecule has 30 heavy (non-hydrogen) atoms. The van der Waals surface area contributed by atoms with E-state index in [0.29, 0.717) is 37.2 Å². The van der Waals surface area contributed by atoms with E-state index in [2.05, 4.69) is 20.8 Å². The summed E-state index contributed by atoms with van der Waals surface area (Å²) in [5.74, 6) is 0.702. The van der Waals surface area contributed by atoms with Crippen LogP contribution in [0.1, 0.15) is 10.4 Å². The molecule has 0 aliphatic rings. The summed E-state index contributed by atoms with van der Waals surface area (Å²) in [4.78, 5) is 24.4. The van der Waals surface area contributed by atoms with Crippen LogP contribution in [0.4, 0.5) is 10.8 Å². The van der Waals surface area contributed by atoms with Gasteiger partial charge in [-0.25, -0.2) is 0 Å². The van der Waals surface area contributed by atoms with Gasteiger partial charge in [0.25, 0.3) is 5.91 Å². The van der Waals surface area contributed by atoms with E-state index in [1.807, 2.05) is 0 Å². The number of anilines is 2. The first-order valence-corrected chi connectivity index (χ1v) is 10.7. The smallest absolute Gasteiger partial charge is 0.257 e. The zero-order chi connectivity index (χ0) is 21.5. The zero-order valence-electron chi connectivity index (χ0n) is 16.0. The third kappa shape index (κ3) is 5.85. The molecule has 0 fully saturated rings. The van der Waals surface area contributed by atoms with Gasteiger partial charge in [-0.2, -0.15) is 0 Å². The average molecular weight is 465 g/mol. The number of benzene rings is 2. The maximum atomic E-state index is 12.2. The molecule has 11 heteroatoms. The lowest BCUT2D eigenvalue weighted by Gasteiger charge is -2.10. The van der Waals surface area contributed by atoms with Gasteiger partial charge in [0.15, 0.2) is 15.8 Å². The molecule has 3 aromatic rings. The molecule has 2 N–H and O–H groups in total. The highest BCUT2D eigenvalue weighted by Crippen LogP contribution is 2.30. The number of rotatable bonds is 8. The molecule has 0 spiro atoms. The summed E-state index contributed by atoms with van der Waals surface area (Å²) in [6.45, 7) is 0. The summed E-state index contributed by atoms with van der Waals surface area (Å²) >= 11 is 8.22. The lowest BCUT2D eigenvalue weighted by molar-refractivity contribution is -0.113. The first-order valence-electron chi connectivity index (χ1n) is 8.53. The monoisotopic (exact) mass is 464 g/mol. The number of thioether (sulfide) groups is 1. The minimum absolute atomic E-state index is 0.133. The maximum Gasteiger partial charge on any atom is 0.257 e. The van der Waals surface area contributed by atoms with E-state index in [0.717, 1.165) is 0 Å². The van der Waals surface area contributed by atoms with E-state index in [9.17, 15) is 9.59 Å². The molecular weight excluding hydrogens is 448 g/mol. The molecule has 0 unspecified atom stereocenters. The number of nitrogens with zero attached hydrogens (tertiary/aromatic N) is 2. The lowest BCUT2D eigenvalue weighted by atomic mass is 10.2. The largest absolute Gasteiger partial charge is 0.493 e. The van der Waals surface area contributed by atoms with Crippen LogP contribution in [0.5, 0.6) is 11.5 Å². The summed E-state index contributed by atoms with van der Waals surface area (Å²) in [7, 11) is 3.07. The number of carbonyl (C=O) groups is 2. The van der Waals surface area contributed by atoms with Crippen molar-refractivity contribution in [3.63, 3.8) is 0 Å². The van der Waals surface area contributed by atoms with Crippen molar-refractivity contribution in [2.24, 2.45) is 0 Å². The number of hydrogen-bond donors (Lipinski definition) is 2. The number of aromatic nitrogens is 2. The summed E-state index contributed by atoms with van der Waals surface area (Å²) in [5, 5.41) is 14.3. The minimum atomic E-state index is -0.314. The number of nitrogens with one attached hydrogen (secondary N) is 2. The molecule has 1 heterocycles. The maximum absolute atomic E-state index is 12.2. The Morgan fingerprint density at radius 2 is 1.77 bits per heavy atom. The SMILES string of the molecule is COc1ccc(NC(=O)CSc2nnc(NC(=O)c3ccc(Cl)cc3)s2)cc1OC. The predicted octanol–water partition coefficient (Wildman–Crippen LogP) is 4.19. The van der Waals surface area contributed by atoms with Crippen LogP contribution in [0.15, 0.2) is 46.8 Å². The molecule has 2 aromatic carbocycles. The van der Waals surface area contributed by atoms with Gasteiger partial charge in [0.05, 0.1) is 20.0 Å². The van der Waals surface area contributed by atoms with Gasteiger partial charge in [0.2, 0.25) is 11.0 Å². The van der Waals surface area contributed by atoms with Gasteiger partial charge >= 0.3 is 0 Å². The molecule has 0 saturated carbocycles. The van der Waals surface area contributed by atoms with Crippen molar-refractivity contribution in [3.05, 3.63) is 53.1 Å². The fourth-order valence-corrected chi connectivity index (χ4v) is 4.00. The van der Waals surface area contributed by atoms with Crippen LogP contribution in [0.25, 0.3) is 0 Å². The number of amides is 2. The second-order valence-electron chi connectivity index (χ2n) is 5.74. The summed E-state index contributed by atoms with van der Waals surface area (Å²) in [6.07, 6.45) is 0. The first kappa shape index (κ1) is 21.9. The van der Waals surface area contributed by atoms with E-state index in [4.69, 9.17) is 21.1 Å². The van der Waals surface area contributed by atoms with Gasteiger partial charge in [-0.15, -0.1) is 10.2 Å². The molecule has 3 rings (SSSR count). The van der Waals surface area contributed by atoms with Gasteiger partial charge in [-0.1, -0.05) is 34.7 Å². The molecule has 0 aliphatic heterocycles. The summed E-state index contributed by atoms with van der Waals surface area (Å²) < 4.78 is 11.0. The highest BCUT2D eigenvalue weighted by atomic mass is 35.5. The lowest BCUT2D eigenvalue weighted by Crippen LogP contribution is -2.14. The Morgan fingerprint density at radius 3 is 2.47 bits per heavy atom. The van der Waals surface area contributed by atoms with Crippen LogP contribution in [0.3, 0.4) is 0 Å². The van der Waals surface area contributed by atoms with Crippen LogP contribution < -0.4 is 20.1 Å². The molecule has 0 bridgehead atoms. The fourth-order valence-electron chi connectivity index (χ4n) is 2.33. The normalized spacial score (nSPS) is 10.4. The Labute approximate surface area is 185 Å². The Hall–Kier alpha value is -2.82. The first-order chi connectivity index (χ1) is 14.5. The van der Waals surface area contributed by atoms with Crippen LogP contribution in [-0.4, -0.2) is 42.0 Å². The van der Waals surface area contributed by atoms with E-state index < -0.39 is 0 Å². The van der Waals surface area contributed by atoms with Crippen molar-refractivity contribution in [1.29, 1.82) is 0 Å². The van der Waals surface area contributed by atoms with E-state index >= 15 is 0 Å². The van der Waals surface area contributed by atoms with Crippen molar-refractivity contribution in [1.82, 2.24) is 10.2 Å². The van der Waals surface area contributed by atoms with Gasteiger partial charge in [0.1, 0.15) is 0 Å². The summed E-state index contributed by atoms with van der Waals surface area (Å²) in [5.41, 5.74) is 1.05. The molecule has 156 valence electrons. The second-order valence-corrected chi connectivity index (χ2v) is 8.38. The average Bonchev–Trinajstić information content (AvgIpc) is 3.20. The number of halogens is 1. The molecule has 0 aliphatic carbocycles. The number of carbonyl (C=O) groups excluding carboxylic acids is 2. The van der Waals surface area contributed by atoms with Crippen molar-refractivity contribution >= 4 is 57.3 Å². The van der Waals surface area contributed by atoms with Gasteiger partial charge in [-0.05, 0) is 36.4 Å². The third-order valence-electron chi connectivity index (χ3n) is 3.73. The molecule has 1 aromatic heterocycles. The Bertz CT molecular complexity index is 1040. The highest BCUT2D eigenvalue weighted by molar-refractivity contribution is 8.01. The molecule has 8 nitrogen and oxygen atoms in total. The molecule has 0 radical (unpaired) electrons. The van der Waals surface area contributed by atoms with Gasteiger partial charge in [0, 0.05) is 22.3 Å². The Balaban J connectivity index is 1.52. The van der Waals surface area contributed by atoms with Crippen molar-refractivity contribution in [2.75, 3.05) is 30.6 Å². The molecule has 0 saturated heterocycles. The Morgan fingerprint density at radius 1 is 1.03 bits per heavy atom. The fraction of sp³-hybridized carbons (Fsp3) is 0.158. The van der Waals surface area contributed by atoms with Gasteiger partial charge < -0.3 is 14.8 Å². The number of ether oxygens (including phenoxy) is 2. The quantitative estimate of drug-likeness (QED) is 0.380. The van der Waals surface area contributed by atoms with Gasteiger partial charge in [-0.3, -0.25) is 14.9 Å². The number of methoxy groups -OCH3 is 2. The Kier molecular flexibility index (Phi) is 7.50. The molecule has 0 atom stereocenters. The van der Waals surface area contributed by atoms with Crippen molar-refractivity contribution < 1.29 is 19.1 Å². The summed E-state index contributed by atoms with van der Waals surface area (Å²) in [6, 6.07) is 11.6. The van der Waals surface area contributed by atoms with Crippen LogP contribution in [0, 0.1) is 0 Å². The topological polar surface area (TPSA) is 102 Å². The molecular formula is C19H17ClN4O4S2. The third-order valence-corrected chi connectivity index (χ3v) is 5.95. The number of hydrogen-bond acceptors (Lipinski definition) is 8. The second kappa shape index (κ2) is 10.3. The van der Waals surface area contributed by atoms with Crippen LogP contribution in [-0.2, 0) is 4.79 Å². The van der Waals surface area contributed by atoms with Crippen molar-refractivity contribution in [2.45, 2.75) is 4.34 Å². The standard InChI is InChI=1S/C19H17ClN4O4S2/c1-27-14-8-7-13(9-15(14)28-2)21-16(25)10-29-19-24-23-18(30-19)22-17(26)11-3-5-12(20)6-4-11/h3-9H,10H2,1-2H3,(H,21,25)(H,22,23,26). The van der Waals surface area contributed by atoms with Crippen LogP contribution in [0.2, 0.25) is 5.02 Å². The van der Waals surface area contributed by atoms with E-state index in [-0.39, 0.29) is 17.6 Å². The van der Waals surface area contributed by atoms with Crippen LogP contribution >= 0.6 is 34.7 Å². The van der Waals surface area contributed by atoms with E-state index in [1.54, 1.807) is 49.6 Å². The minimum Gasteiger partial charge on any atom is -0.493 e. The predicted molar refractivity (Wildman–Crippen MR) is 118 cm³/mol.